The molecule has 1 N–H and O–H groups in total. The highest BCUT2D eigenvalue weighted by Gasteiger charge is 2.23. The molecule has 1 fully saturated rings. The Hall–Kier alpha value is -3.27. The van der Waals surface area contributed by atoms with E-state index < -0.39 is 0 Å². The third-order valence-electron chi connectivity index (χ3n) is 5.63. The Bertz CT molecular complexity index is 1160. The molecule has 1 saturated carbocycles. The van der Waals surface area contributed by atoms with Gasteiger partial charge in [-0.25, -0.2) is 0 Å². The second kappa shape index (κ2) is 7.63. The number of benzene rings is 3. The Morgan fingerprint density at radius 3 is 2.55 bits per heavy atom. The van der Waals surface area contributed by atoms with E-state index in [1.54, 1.807) is 0 Å². The number of nitrogens with one attached hydrogen (secondary N) is 1. The molecule has 1 aromatic heterocycles. The standard InChI is InChI=1S/C25H23NO3/c27-25(26-16-17-8-2-1-3-9-17)20-14-15-22(28-18-10-4-5-11-18)24-23(20)19-12-6-7-13-21(19)29-24/h1-3,6-9,12-15,18H,4-5,10-11,16H2,(H,26,27). The van der Waals surface area contributed by atoms with Crippen LogP contribution in [0.4, 0.5) is 0 Å². The number of carbonyl (C=O) groups excluding carboxylic acids is 1. The molecule has 0 saturated heterocycles. The summed E-state index contributed by atoms with van der Waals surface area (Å²) < 4.78 is 12.4. The predicted molar refractivity (Wildman–Crippen MR) is 114 cm³/mol. The van der Waals surface area contributed by atoms with Crippen molar-refractivity contribution in [1.82, 2.24) is 5.32 Å². The van der Waals surface area contributed by atoms with Gasteiger partial charge in [-0.3, -0.25) is 4.79 Å². The van der Waals surface area contributed by atoms with Gasteiger partial charge < -0.3 is 14.5 Å². The highest BCUT2D eigenvalue weighted by Crippen LogP contribution is 2.38. The lowest BCUT2D eigenvalue weighted by Gasteiger charge is -2.14. The molecule has 4 nitrogen and oxygen atoms in total. The van der Waals surface area contributed by atoms with Crippen LogP contribution in [0.2, 0.25) is 0 Å². The number of carbonyl (C=O) groups is 1. The summed E-state index contributed by atoms with van der Waals surface area (Å²) in [5, 5.41) is 4.79. The molecule has 4 heteroatoms. The summed E-state index contributed by atoms with van der Waals surface area (Å²) in [6.07, 6.45) is 4.77. The average molecular weight is 385 g/mol. The molecule has 1 aliphatic carbocycles. The molecule has 0 unspecified atom stereocenters. The van der Waals surface area contributed by atoms with Gasteiger partial charge in [-0.15, -0.1) is 0 Å². The van der Waals surface area contributed by atoms with E-state index in [4.69, 9.17) is 9.15 Å². The first-order valence-electron chi connectivity index (χ1n) is 10.2. The molecule has 29 heavy (non-hydrogen) atoms. The average Bonchev–Trinajstić information content (AvgIpc) is 3.41. The molecule has 146 valence electrons. The number of para-hydroxylation sites is 1. The van der Waals surface area contributed by atoms with Crippen molar-refractivity contribution in [2.24, 2.45) is 0 Å². The first-order chi connectivity index (χ1) is 14.3. The predicted octanol–water partition coefficient (Wildman–Crippen LogP) is 5.84. The second-order valence-electron chi connectivity index (χ2n) is 7.61. The van der Waals surface area contributed by atoms with Gasteiger partial charge in [0.1, 0.15) is 5.58 Å². The molecule has 4 aromatic rings. The zero-order valence-corrected chi connectivity index (χ0v) is 16.2. The van der Waals surface area contributed by atoms with Crippen LogP contribution in [0.5, 0.6) is 5.75 Å². The third kappa shape index (κ3) is 3.46. The van der Waals surface area contributed by atoms with Crippen LogP contribution < -0.4 is 10.1 Å². The molecule has 5 rings (SSSR count). The Kier molecular flexibility index (Phi) is 4.68. The minimum absolute atomic E-state index is 0.113. The molecule has 0 bridgehead atoms. The maximum absolute atomic E-state index is 13.0. The summed E-state index contributed by atoms with van der Waals surface area (Å²) in [4.78, 5) is 13.0. The molecule has 1 heterocycles. The second-order valence-corrected chi connectivity index (χ2v) is 7.61. The Balaban J connectivity index is 1.53. The molecule has 0 radical (unpaired) electrons. The lowest BCUT2D eigenvalue weighted by Crippen LogP contribution is -2.23. The molecular formula is C25H23NO3. The van der Waals surface area contributed by atoms with E-state index in [1.165, 1.54) is 12.8 Å². The first-order valence-corrected chi connectivity index (χ1v) is 10.2. The van der Waals surface area contributed by atoms with Gasteiger partial charge in [0.25, 0.3) is 5.91 Å². The number of fused-ring (bicyclic) bond motifs is 3. The molecule has 0 atom stereocenters. The van der Waals surface area contributed by atoms with Crippen LogP contribution in [0, 0.1) is 0 Å². The van der Waals surface area contributed by atoms with E-state index in [2.05, 4.69) is 5.32 Å². The summed E-state index contributed by atoms with van der Waals surface area (Å²) >= 11 is 0. The topological polar surface area (TPSA) is 51.5 Å². The molecule has 0 spiro atoms. The number of furan rings is 1. The van der Waals surface area contributed by atoms with Crippen LogP contribution in [0.25, 0.3) is 21.9 Å². The number of hydrogen-bond acceptors (Lipinski definition) is 3. The summed E-state index contributed by atoms with van der Waals surface area (Å²) in [5.41, 5.74) is 3.10. The molecular weight excluding hydrogens is 362 g/mol. The van der Waals surface area contributed by atoms with Crippen LogP contribution in [0.3, 0.4) is 0 Å². The van der Waals surface area contributed by atoms with E-state index in [9.17, 15) is 4.79 Å². The lowest BCUT2D eigenvalue weighted by atomic mass is 10.0. The zero-order valence-electron chi connectivity index (χ0n) is 16.2. The maximum Gasteiger partial charge on any atom is 0.252 e. The lowest BCUT2D eigenvalue weighted by molar-refractivity contribution is 0.0952. The van der Waals surface area contributed by atoms with Crippen molar-refractivity contribution in [2.75, 3.05) is 0 Å². The van der Waals surface area contributed by atoms with E-state index in [0.29, 0.717) is 17.7 Å². The van der Waals surface area contributed by atoms with Crippen molar-refractivity contribution >= 4 is 27.8 Å². The van der Waals surface area contributed by atoms with Crippen molar-refractivity contribution in [3.63, 3.8) is 0 Å². The highest BCUT2D eigenvalue weighted by molar-refractivity contribution is 6.17. The van der Waals surface area contributed by atoms with Crippen molar-refractivity contribution in [1.29, 1.82) is 0 Å². The van der Waals surface area contributed by atoms with Crippen LogP contribution in [0.15, 0.2) is 71.1 Å². The van der Waals surface area contributed by atoms with Crippen LogP contribution in [0.1, 0.15) is 41.6 Å². The van der Waals surface area contributed by atoms with Gasteiger partial charge >= 0.3 is 0 Å². The number of amides is 1. The number of rotatable bonds is 5. The van der Waals surface area contributed by atoms with E-state index in [-0.39, 0.29) is 12.0 Å². The summed E-state index contributed by atoms with van der Waals surface area (Å²) in [6, 6.07) is 21.5. The van der Waals surface area contributed by atoms with Gasteiger partial charge in [-0.1, -0.05) is 48.5 Å². The molecule has 0 aliphatic heterocycles. The maximum atomic E-state index is 13.0. The quantitative estimate of drug-likeness (QED) is 0.470. The minimum atomic E-state index is -0.113. The zero-order chi connectivity index (χ0) is 19.6. The highest BCUT2D eigenvalue weighted by atomic mass is 16.5. The van der Waals surface area contributed by atoms with Crippen LogP contribution in [-0.4, -0.2) is 12.0 Å². The molecule has 1 amide bonds. The van der Waals surface area contributed by atoms with Crippen LogP contribution in [-0.2, 0) is 6.54 Å². The van der Waals surface area contributed by atoms with Gasteiger partial charge in [-0.2, -0.15) is 0 Å². The first kappa shape index (κ1) is 17.8. The van der Waals surface area contributed by atoms with E-state index >= 15 is 0 Å². The number of hydrogen-bond donors (Lipinski definition) is 1. The van der Waals surface area contributed by atoms with E-state index in [1.807, 2.05) is 66.7 Å². The monoisotopic (exact) mass is 385 g/mol. The van der Waals surface area contributed by atoms with Gasteiger partial charge in [-0.05, 0) is 49.4 Å². The van der Waals surface area contributed by atoms with Gasteiger partial charge in [0.05, 0.1) is 11.7 Å². The third-order valence-corrected chi connectivity index (χ3v) is 5.63. The van der Waals surface area contributed by atoms with Gasteiger partial charge in [0, 0.05) is 17.3 Å². The van der Waals surface area contributed by atoms with Crippen molar-refractivity contribution in [3.8, 4) is 5.75 Å². The van der Waals surface area contributed by atoms with Gasteiger partial charge in [0.15, 0.2) is 11.3 Å². The fraction of sp³-hybridized carbons (Fsp3) is 0.240. The van der Waals surface area contributed by atoms with Crippen molar-refractivity contribution in [3.05, 3.63) is 77.9 Å². The van der Waals surface area contributed by atoms with Crippen molar-refractivity contribution < 1.29 is 13.9 Å². The van der Waals surface area contributed by atoms with E-state index in [0.717, 1.165) is 40.5 Å². The minimum Gasteiger partial charge on any atom is -0.486 e. The van der Waals surface area contributed by atoms with Gasteiger partial charge in [0.2, 0.25) is 0 Å². The molecule has 3 aromatic carbocycles. The Labute approximate surface area is 169 Å². The fourth-order valence-electron chi connectivity index (χ4n) is 4.15. The van der Waals surface area contributed by atoms with Crippen LogP contribution >= 0.6 is 0 Å². The largest absolute Gasteiger partial charge is 0.486 e. The summed E-state index contributed by atoms with van der Waals surface area (Å²) in [5.74, 6) is 0.612. The Morgan fingerprint density at radius 2 is 1.72 bits per heavy atom. The number of ether oxygens (including phenoxy) is 1. The van der Waals surface area contributed by atoms with Crippen molar-refractivity contribution in [2.45, 2.75) is 38.3 Å². The fourth-order valence-corrected chi connectivity index (χ4v) is 4.15. The summed E-state index contributed by atoms with van der Waals surface area (Å²) in [6.45, 7) is 0.483. The Morgan fingerprint density at radius 1 is 0.966 bits per heavy atom. The molecule has 1 aliphatic rings. The normalized spacial score (nSPS) is 14.5. The SMILES string of the molecule is O=C(NCc1ccccc1)c1ccc(OC2CCCC2)c2oc3ccccc3c12. The smallest absolute Gasteiger partial charge is 0.252 e. The summed E-state index contributed by atoms with van der Waals surface area (Å²) in [7, 11) is 0.